The molecule has 0 spiro atoms. The number of rotatable bonds is 5. The number of amides is 1. The predicted molar refractivity (Wildman–Crippen MR) is 80.1 cm³/mol. The van der Waals surface area contributed by atoms with Gasteiger partial charge in [0.1, 0.15) is 0 Å². The summed E-state index contributed by atoms with van der Waals surface area (Å²) in [5.41, 5.74) is 2.49. The van der Waals surface area contributed by atoms with Gasteiger partial charge >= 0.3 is 0 Å². The van der Waals surface area contributed by atoms with Gasteiger partial charge in [-0.1, -0.05) is 6.07 Å². The molecule has 1 atom stereocenters. The van der Waals surface area contributed by atoms with Gasteiger partial charge in [-0.3, -0.25) is 9.78 Å². The third kappa shape index (κ3) is 2.95. The highest BCUT2D eigenvalue weighted by Crippen LogP contribution is 2.28. The number of pyridine rings is 1. The maximum atomic E-state index is 12.2. The second kappa shape index (κ2) is 6.05. The van der Waals surface area contributed by atoms with E-state index in [9.17, 15) is 4.79 Å². The van der Waals surface area contributed by atoms with Gasteiger partial charge in [0.25, 0.3) is 5.91 Å². The third-order valence-corrected chi connectivity index (χ3v) is 3.94. The van der Waals surface area contributed by atoms with E-state index < -0.39 is 0 Å². The molecule has 3 rings (SSSR count). The van der Waals surface area contributed by atoms with Crippen molar-refractivity contribution >= 4 is 12.1 Å². The molecule has 1 aliphatic heterocycles. The van der Waals surface area contributed by atoms with Gasteiger partial charge in [0.2, 0.25) is 0 Å². The highest BCUT2D eigenvalue weighted by molar-refractivity contribution is 6.11. The van der Waals surface area contributed by atoms with E-state index in [2.05, 4.69) is 20.9 Å². The predicted octanol–water partition coefficient (Wildman–Crippen LogP) is 0.280. The summed E-state index contributed by atoms with van der Waals surface area (Å²) in [5, 5.41) is 16.7. The van der Waals surface area contributed by atoms with Crippen molar-refractivity contribution in [2.45, 2.75) is 24.9 Å². The summed E-state index contributed by atoms with van der Waals surface area (Å²) < 4.78 is 0. The van der Waals surface area contributed by atoms with Crippen LogP contribution in [0.5, 0.6) is 0 Å². The highest BCUT2D eigenvalue weighted by Gasteiger charge is 2.25. The van der Waals surface area contributed by atoms with E-state index in [0.717, 1.165) is 37.8 Å². The van der Waals surface area contributed by atoms with E-state index in [-0.39, 0.29) is 11.9 Å². The summed E-state index contributed by atoms with van der Waals surface area (Å²) in [4.78, 5) is 16.6. The molecule has 1 unspecified atom stereocenters. The monoisotopic (exact) mass is 285 g/mol. The molecule has 1 aromatic rings. The molecule has 0 aromatic carbocycles. The standard InChI is InChI=1S/C15H19N5O/c16-6-11(7-19-12-8-17-9-12)15(21)20-13-4-3-10-2-1-5-18-14(10)13/h1-2,5-7,12-13,16-17,19H,3-4,8-9H2,(H,20,21)/b11-7+,16-6?. The first-order chi connectivity index (χ1) is 10.3. The molecule has 0 saturated carbocycles. The zero-order valence-electron chi connectivity index (χ0n) is 11.7. The molecule has 0 bridgehead atoms. The molecule has 4 N–H and O–H groups in total. The summed E-state index contributed by atoms with van der Waals surface area (Å²) in [7, 11) is 0. The Balaban J connectivity index is 1.63. The lowest BCUT2D eigenvalue weighted by molar-refractivity contribution is -0.117. The summed E-state index contributed by atoms with van der Waals surface area (Å²) in [6.07, 6.45) is 6.26. The van der Waals surface area contributed by atoms with Gasteiger partial charge < -0.3 is 21.4 Å². The lowest BCUT2D eigenvalue weighted by atomic mass is 10.1. The van der Waals surface area contributed by atoms with Crippen molar-refractivity contribution in [2.24, 2.45) is 0 Å². The zero-order valence-corrected chi connectivity index (χ0v) is 11.7. The van der Waals surface area contributed by atoms with Gasteiger partial charge in [-0.25, -0.2) is 0 Å². The molecule has 2 aliphatic rings. The fourth-order valence-corrected chi connectivity index (χ4v) is 2.58. The first-order valence-electron chi connectivity index (χ1n) is 7.20. The smallest absolute Gasteiger partial charge is 0.254 e. The number of aryl methyl sites for hydroxylation is 1. The van der Waals surface area contributed by atoms with E-state index >= 15 is 0 Å². The molecule has 2 heterocycles. The van der Waals surface area contributed by atoms with E-state index in [0.29, 0.717) is 11.6 Å². The largest absolute Gasteiger partial charge is 0.385 e. The van der Waals surface area contributed by atoms with E-state index in [4.69, 9.17) is 5.41 Å². The minimum absolute atomic E-state index is 0.0533. The van der Waals surface area contributed by atoms with E-state index in [1.807, 2.05) is 12.1 Å². The number of hydrogen-bond acceptors (Lipinski definition) is 5. The Morgan fingerprint density at radius 3 is 3.05 bits per heavy atom. The minimum atomic E-state index is -0.228. The van der Waals surface area contributed by atoms with Crippen LogP contribution in [-0.2, 0) is 11.2 Å². The number of hydrogen-bond donors (Lipinski definition) is 4. The van der Waals surface area contributed by atoms with Gasteiger partial charge in [-0.15, -0.1) is 0 Å². The molecule has 6 heteroatoms. The summed E-state index contributed by atoms with van der Waals surface area (Å²) in [6.45, 7) is 1.78. The maximum Gasteiger partial charge on any atom is 0.254 e. The van der Waals surface area contributed by atoms with Gasteiger partial charge in [-0.2, -0.15) is 0 Å². The topological polar surface area (TPSA) is 89.9 Å². The molecule has 1 fully saturated rings. The second-order valence-corrected chi connectivity index (χ2v) is 5.38. The normalized spacial score (nSPS) is 21.3. The highest BCUT2D eigenvalue weighted by atomic mass is 16.1. The molecule has 1 amide bonds. The Labute approximate surface area is 123 Å². The molecular formula is C15H19N5O. The van der Waals surface area contributed by atoms with Crippen LogP contribution in [0.25, 0.3) is 0 Å². The lowest BCUT2D eigenvalue weighted by Crippen LogP contribution is -2.53. The SMILES string of the molecule is N=C/C(=C\NC1CNC1)C(=O)NC1CCc2cccnc21. The van der Waals surface area contributed by atoms with Crippen LogP contribution in [0.15, 0.2) is 30.1 Å². The van der Waals surface area contributed by atoms with Crippen molar-refractivity contribution in [1.29, 1.82) is 5.41 Å². The van der Waals surface area contributed by atoms with Crippen molar-refractivity contribution < 1.29 is 4.79 Å². The van der Waals surface area contributed by atoms with Crippen molar-refractivity contribution in [2.75, 3.05) is 13.1 Å². The molecular weight excluding hydrogens is 266 g/mol. The molecule has 6 nitrogen and oxygen atoms in total. The van der Waals surface area contributed by atoms with Crippen LogP contribution in [0.1, 0.15) is 23.7 Å². The fraction of sp³-hybridized carbons (Fsp3) is 0.400. The van der Waals surface area contributed by atoms with Gasteiger partial charge in [-0.05, 0) is 24.5 Å². The fourth-order valence-electron chi connectivity index (χ4n) is 2.58. The Morgan fingerprint density at radius 1 is 1.48 bits per heavy atom. The molecule has 21 heavy (non-hydrogen) atoms. The maximum absolute atomic E-state index is 12.2. The third-order valence-electron chi connectivity index (χ3n) is 3.94. The molecule has 0 radical (unpaired) electrons. The summed E-state index contributed by atoms with van der Waals surface area (Å²) >= 11 is 0. The Kier molecular flexibility index (Phi) is 3.96. The Hall–Kier alpha value is -2.21. The summed E-state index contributed by atoms with van der Waals surface area (Å²) in [5.74, 6) is -0.228. The number of aromatic nitrogens is 1. The Bertz CT molecular complexity index is 579. The number of fused-ring (bicyclic) bond motifs is 1. The van der Waals surface area contributed by atoms with Crippen LogP contribution in [0.4, 0.5) is 0 Å². The van der Waals surface area contributed by atoms with Gasteiger partial charge in [0.15, 0.2) is 0 Å². The van der Waals surface area contributed by atoms with Crippen LogP contribution in [0.3, 0.4) is 0 Å². The molecule has 1 aliphatic carbocycles. The number of carbonyl (C=O) groups is 1. The molecule has 1 aromatic heterocycles. The molecule has 1 saturated heterocycles. The van der Waals surface area contributed by atoms with E-state index in [1.54, 1.807) is 12.4 Å². The van der Waals surface area contributed by atoms with Crippen molar-refractivity contribution in [1.82, 2.24) is 20.9 Å². The van der Waals surface area contributed by atoms with Crippen LogP contribution < -0.4 is 16.0 Å². The van der Waals surface area contributed by atoms with Gasteiger partial charge in [0, 0.05) is 31.7 Å². The average molecular weight is 285 g/mol. The second-order valence-electron chi connectivity index (χ2n) is 5.38. The van der Waals surface area contributed by atoms with E-state index in [1.165, 1.54) is 5.56 Å². The van der Waals surface area contributed by atoms with Crippen molar-refractivity contribution in [3.8, 4) is 0 Å². The first-order valence-corrected chi connectivity index (χ1v) is 7.20. The summed E-state index contributed by atoms with van der Waals surface area (Å²) in [6, 6.07) is 4.26. The van der Waals surface area contributed by atoms with Crippen molar-refractivity contribution in [3.05, 3.63) is 41.4 Å². The lowest BCUT2D eigenvalue weighted by Gasteiger charge is -2.27. The minimum Gasteiger partial charge on any atom is -0.385 e. The zero-order chi connectivity index (χ0) is 14.7. The van der Waals surface area contributed by atoms with Crippen molar-refractivity contribution in [3.63, 3.8) is 0 Å². The first kappa shape index (κ1) is 13.8. The van der Waals surface area contributed by atoms with Crippen LogP contribution in [0.2, 0.25) is 0 Å². The average Bonchev–Trinajstić information content (AvgIpc) is 2.85. The van der Waals surface area contributed by atoms with Crippen LogP contribution in [0, 0.1) is 5.41 Å². The number of nitrogens with zero attached hydrogens (tertiary/aromatic N) is 1. The van der Waals surface area contributed by atoms with Gasteiger partial charge in [0.05, 0.1) is 23.4 Å². The molecule has 110 valence electrons. The van der Waals surface area contributed by atoms with Crippen LogP contribution in [-0.4, -0.2) is 36.2 Å². The number of nitrogens with one attached hydrogen (secondary N) is 4. The quantitative estimate of drug-likeness (QED) is 0.462. The van der Waals surface area contributed by atoms with Crippen LogP contribution >= 0.6 is 0 Å². The number of carbonyl (C=O) groups excluding carboxylic acids is 1. The Morgan fingerprint density at radius 2 is 2.33 bits per heavy atom.